The molecule has 1 aromatic carbocycles. The van der Waals surface area contributed by atoms with Crippen molar-refractivity contribution in [2.24, 2.45) is 5.92 Å². The molecule has 1 unspecified atom stereocenters. The first kappa shape index (κ1) is 14.2. The molecule has 1 aromatic rings. The molecular weight excluding hydrogens is 230 g/mol. The van der Waals surface area contributed by atoms with E-state index in [0.29, 0.717) is 5.56 Å². The quantitative estimate of drug-likeness (QED) is 0.813. The molecule has 0 aliphatic rings. The lowest BCUT2D eigenvalue weighted by Gasteiger charge is -2.17. The van der Waals surface area contributed by atoms with Gasteiger partial charge in [0.15, 0.2) is 6.04 Å². The Balaban J connectivity index is 2.76. The summed E-state index contributed by atoms with van der Waals surface area (Å²) in [5, 5.41) is 11.8. The number of carboxylic acid groups (broad SMARTS) is 1. The van der Waals surface area contributed by atoms with Gasteiger partial charge in [0.2, 0.25) is 5.91 Å². The van der Waals surface area contributed by atoms with Crippen LogP contribution in [-0.2, 0) is 9.59 Å². The zero-order chi connectivity index (χ0) is 13.5. The maximum Gasteiger partial charge on any atom is 0.330 e. The molecule has 0 fully saturated rings. The van der Waals surface area contributed by atoms with E-state index in [2.05, 4.69) is 5.32 Å². The Hall–Kier alpha value is -1.84. The Morgan fingerprint density at radius 2 is 1.89 bits per heavy atom. The highest BCUT2D eigenvalue weighted by atomic mass is 16.4. The van der Waals surface area contributed by atoms with Crippen molar-refractivity contribution in [3.05, 3.63) is 35.9 Å². The first-order chi connectivity index (χ1) is 8.56. The second-order valence-corrected chi connectivity index (χ2v) is 4.38. The second kappa shape index (κ2) is 6.79. The third-order valence-corrected chi connectivity index (χ3v) is 2.84. The van der Waals surface area contributed by atoms with Crippen LogP contribution < -0.4 is 5.32 Å². The van der Waals surface area contributed by atoms with Crippen molar-refractivity contribution in [1.29, 1.82) is 0 Å². The van der Waals surface area contributed by atoms with E-state index in [1.54, 1.807) is 24.3 Å². The highest BCUT2D eigenvalue weighted by Gasteiger charge is 2.23. The average Bonchev–Trinajstić information content (AvgIpc) is 2.36. The molecule has 0 aliphatic carbocycles. The number of aliphatic carboxylic acids is 1. The molecule has 0 heterocycles. The van der Waals surface area contributed by atoms with Gasteiger partial charge in [0.25, 0.3) is 0 Å². The third kappa shape index (κ3) is 3.87. The summed E-state index contributed by atoms with van der Waals surface area (Å²) in [6.07, 6.45) is 1.66. The molecular formula is C14H19NO3. The fraction of sp³-hybridized carbons (Fsp3) is 0.429. The molecule has 4 nitrogen and oxygen atoms in total. The second-order valence-electron chi connectivity index (χ2n) is 4.38. The van der Waals surface area contributed by atoms with Crippen LogP contribution in [0, 0.1) is 5.92 Å². The van der Waals surface area contributed by atoms with Gasteiger partial charge in [-0.25, -0.2) is 4.79 Å². The highest BCUT2D eigenvalue weighted by molar-refractivity contribution is 5.85. The van der Waals surface area contributed by atoms with Crippen LogP contribution in [0.5, 0.6) is 0 Å². The third-order valence-electron chi connectivity index (χ3n) is 2.84. The minimum absolute atomic E-state index is 0.166. The number of hydrogen-bond acceptors (Lipinski definition) is 2. The van der Waals surface area contributed by atoms with E-state index in [9.17, 15) is 14.7 Å². The lowest BCUT2D eigenvalue weighted by molar-refractivity contribution is -0.142. The molecule has 0 saturated carbocycles. The minimum atomic E-state index is -1.04. The summed E-state index contributed by atoms with van der Waals surface area (Å²) in [7, 11) is 0. The Labute approximate surface area is 107 Å². The number of carboxylic acids is 1. The average molecular weight is 249 g/mol. The zero-order valence-electron chi connectivity index (χ0n) is 10.7. The van der Waals surface area contributed by atoms with Gasteiger partial charge in [0.1, 0.15) is 0 Å². The van der Waals surface area contributed by atoms with E-state index in [1.807, 2.05) is 19.9 Å². The standard InChI is InChI=1S/C14H19NO3/c1-3-7-10(2)13(16)15-12(14(17)18)11-8-5-4-6-9-11/h4-6,8-10,12H,3,7H2,1-2H3,(H,15,16)(H,17,18)/t10?,12-/m0/s1. The number of carbonyl (C=O) groups is 2. The molecule has 0 aromatic heterocycles. The van der Waals surface area contributed by atoms with Gasteiger partial charge in [-0.05, 0) is 12.0 Å². The highest BCUT2D eigenvalue weighted by Crippen LogP contribution is 2.14. The predicted octanol–water partition coefficient (Wildman–Crippen LogP) is 2.36. The van der Waals surface area contributed by atoms with Crippen molar-refractivity contribution in [3.63, 3.8) is 0 Å². The van der Waals surface area contributed by atoms with E-state index in [4.69, 9.17) is 0 Å². The largest absolute Gasteiger partial charge is 0.479 e. The SMILES string of the molecule is CCCC(C)C(=O)N[C@H](C(=O)O)c1ccccc1. The number of benzene rings is 1. The lowest BCUT2D eigenvalue weighted by Crippen LogP contribution is -2.36. The summed E-state index contributed by atoms with van der Waals surface area (Å²) >= 11 is 0. The normalized spacial score (nSPS) is 13.7. The fourth-order valence-corrected chi connectivity index (χ4v) is 1.78. The topological polar surface area (TPSA) is 66.4 Å². The molecule has 1 amide bonds. The molecule has 98 valence electrons. The van der Waals surface area contributed by atoms with Crippen molar-refractivity contribution < 1.29 is 14.7 Å². The Bertz CT molecular complexity index is 403. The summed E-state index contributed by atoms with van der Waals surface area (Å²) < 4.78 is 0. The monoisotopic (exact) mass is 249 g/mol. The number of amides is 1. The number of carbonyl (C=O) groups excluding carboxylic acids is 1. The van der Waals surface area contributed by atoms with Crippen molar-refractivity contribution in [1.82, 2.24) is 5.32 Å². The molecule has 0 saturated heterocycles. The molecule has 0 spiro atoms. The van der Waals surface area contributed by atoms with Gasteiger partial charge >= 0.3 is 5.97 Å². The van der Waals surface area contributed by atoms with Crippen LogP contribution in [-0.4, -0.2) is 17.0 Å². The molecule has 0 radical (unpaired) electrons. The van der Waals surface area contributed by atoms with Crippen LogP contribution in [0.2, 0.25) is 0 Å². The van der Waals surface area contributed by atoms with E-state index < -0.39 is 12.0 Å². The van der Waals surface area contributed by atoms with Gasteiger partial charge in [-0.3, -0.25) is 4.79 Å². The predicted molar refractivity (Wildman–Crippen MR) is 69.0 cm³/mol. The van der Waals surface area contributed by atoms with Gasteiger partial charge < -0.3 is 10.4 Å². The molecule has 18 heavy (non-hydrogen) atoms. The van der Waals surface area contributed by atoms with Crippen molar-refractivity contribution in [3.8, 4) is 0 Å². The maximum atomic E-state index is 11.8. The minimum Gasteiger partial charge on any atom is -0.479 e. The van der Waals surface area contributed by atoms with Crippen LogP contribution >= 0.6 is 0 Å². The number of rotatable bonds is 6. The lowest BCUT2D eigenvalue weighted by atomic mass is 10.0. The van der Waals surface area contributed by atoms with Crippen molar-refractivity contribution in [2.45, 2.75) is 32.7 Å². The maximum absolute atomic E-state index is 11.8. The summed E-state index contributed by atoms with van der Waals surface area (Å²) in [5.74, 6) is -1.42. The van der Waals surface area contributed by atoms with Crippen LogP contribution in [0.15, 0.2) is 30.3 Å². The van der Waals surface area contributed by atoms with Crippen molar-refractivity contribution in [2.75, 3.05) is 0 Å². The molecule has 4 heteroatoms. The van der Waals surface area contributed by atoms with Crippen LogP contribution in [0.4, 0.5) is 0 Å². The molecule has 0 aliphatic heterocycles. The smallest absolute Gasteiger partial charge is 0.330 e. The molecule has 1 rings (SSSR count). The Kier molecular flexibility index (Phi) is 5.36. The summed E-state index contributed by atoms with van der Waals surface area (Å²) in [6.45, 7) is 3.80. The van der Waals surface area contributed by atoms with Gasteiger partial charge in [-0.1, -0.05) is 50.6 Å². The fourth-order valence-electron chi connectivity index (χ4n) is 1.78. The van der Waals surface area contributed by atoms with Crippen LogP contribution in [0.1, 0.15) is 38.3 Å². The van der Waals surface area contributed by atoms with E-state index in [0.717, 1.165) is 12.8 Å². The van der Waals surface area contributed by atoms with Gasteiger partial charge in [0, 0.05) is 5.92 Å². The van der Waals surface area contributed by atoms with Crippen LogP contribution in [0.3, 0.4) is 0 Å². The van der Waals surface area contributed by atoms with E-state index >= 15 is 0 Å². The summed E-state index contributed by atoms with van der Waals surface area (Å²) in [5.41, 5.74) is 0.585. The first-order valence-corrected chi connectivity index (χ1v) is 6.14. The van der Waals surface area contributed by atoms with Gasteiger partial charge in [-0.2, -0.15) is 0 Å². The molecule has 0 bridgehead atoms. The van der Waals surface area contributed by atoms with Crippen molar-refractivity contribution >= 4 is 11.9 Å². The number of nitrogens with one attached hydrogen (secondary N) is 1. The Morgan fingerprint density at radius 1 is 1.28 bits per heavy atom. The first-order valence-electron chi connectivity index (χ1n) is 6.14. The van der Waals surface area contributed by atoms with Crippen LogP contribution in [0.25, 0.3) is 0 Å². The Morgan fingerprint density at radius 3 is 2.39 bits per heavy atom. The van der Waals surface area contributed by atoms with Gasteiger partial charge in [-0.15, -0.1) is 0 Å². The number of hydrogen-bond donors (Lipinski definition) is 2. The zero-order valence-corrected chi connectivity index (χ0v) is 10.7. The molecule has 2 N–H and O–H groups in total. The van der Waals surface area contributed by atoms with Gasteiger partial charge in [0.05, 0.1) is 0 Å². The van der Waals surface area contributed by atoms with E-state index in [-0.39, 0.29) is 11.8 Å². The van der Waals surface area contributed by atoms with E-state index in [1.165, 1.54) is 0 Å². The summed E-state index contributed by atoms with van der Waals surface area (Å²) in [6, 6.07) is 7.75. The molecule has 2 atom stereocenters. The summed E-state index contributed by atoms with van der Waals surface area (Å²) in [4.78, 5) is 23.0.